The van der Waals surface area contributed by atoms with Crippen LogP contribution in [-0.2, 0) is 0 Å². The smallest absolute Gasteiger partial charge is 0.0402 e. The van der Waals surface area contributed by atoms with Crippen LogP contribution in [0, 0.1) is 0 Å². The number of hydrogen-bond donors (Lipinski definition) is 0. The summed E-state index contributed by atoms with van der Waals surface area (Å²) in [7, 11) is 0. The van der Waals surface area contributed by atoms with E-state index in [0.29, 0.717) is 0 Å². The summed E-state index contributed by atoms with van der Waals surface area (Å²) in [5, 5.41) is 0. The summed E-state index contributed by atoms with van der Waals surface area (Å²) < 4.78 is 0. The fourth-order valence-corrected chi connectivity index (χ4v) is 5.18. The van der Waals surface area contributed by atoms with E-state index in [1.165, 1.54) is 82.5 Å². The molecule has 0 amide bonds. The molecule has 2 aromatic carbocycles. The number of anilines is 1. The quantitative estimate of drug-likeness (QED) is 0.605. The first-order chi connectivity index (χ1) is 13.8. The lowest BCUT2D eigenvalue weighted by Gasteiger charge is -2.38. The van der Waals surface area contributed by atoms with Gasteiger partial charge in [-0.2, -0.15) is 0 Å². The van der Waals surface area contributed by atoms with Gasteiger partial charge in [0.15, 0.2) is 0 Å². The van der Waals surface area contributed by atoms with Crippen molar-refractivity contribution < 1.29 is 0 Å². The highest BCUT2D eigenvalue weighted by Crippen LogP contribution is 2.43. The van der Waals surface area contributed by atoms with Crippen molar-refractivity contribution in [1.29, 1.82) is 0 Å². The predicted molar refractivity (Wildman–Crippen MR) is 120 cm³/mol. The summed E-state index contributed by atoms with van der Waals surface area (Å²) in [6.45, 7) is 8.36. The second-order valence-electron chi connectivity index (χ2n) is 8.70. The van der Waals surface area contributed by atoms with Crippen LogP contribution >= 0.6 is 0 Å². The van der Waals surface area contributed by atoms with Crippen LogP contribution in [0.15, 0.2) is 54.6 Å². The Morgan fingerprint density at radius 2 is 1.39 bits per heavy atom. The summed E-state index contributed by atoms with van der Waals surface area (Å²) in [5.41, 5.74) is 4.66. The Morgan fingerprint density at radius 1 is 0.750 bits per heavy atom. The lowest BCUT2D eigenvalue weighted by Crippen LogP contribution is -2.47. The van der Waals surface area contributed by atoms with Crippen LogP contribution in [0.1, 0.15) is 68.4 Å². The van der Waals surface area contributed by atoms with Crippen molar-refractivity contribution in [2.75, 3.05) is 37.6 Å². The molecule has 2 fully saturated rings. The number of unbranched alkanes of at least 4 members (excludes halogenated alkanes) is 1. The lowest BCUT2D eigenvalue weighted by molar-refractivity contribution is 0.254. The fraction of sp³-hybridized carbons (Fsp3) is 0.538. The van der Waals surface area contributed by atoms with Gasteiger partial charge in [-0.15, -0.1) is 0 Å². The zero-order valence-electron chi connectivity index (χ0n) is 17.5. The van der Waals surface area contributed by atoms with E-state index in [-0.39, 0.29) is 0 Å². The fourth-order valence-electron chi connectivity index (χ4n) is 5.18. The van der Waals surface area contributed by atoms with E-state index >= 15 is 0 Å². The van der Waals surface area contributed by atoms with E-state index in [1.807, 2.05) is 0 Å². The summed E-state index contributed by atoms with van der Waals surface area (Å²) in [6.07, 6.45) is 7.94. The van der Waals surface area contributed by atoms with Crippen molar-refractivity contribution in [3.63, 3.8) is 0 Å². The molecule has 1 heterocycles. The molecule has 0 spiro atoms. The van der Waals surface area contributed by atoms with Gasteiger partial charge >= 0.3 is 0 Å². The molecule has 2 nitrogen and oxygen atoms in total. The Bertz CT molecular complexity index is 710. The van der Waals surface area contributed by atoms with Crippen LogP contribution in [0.4, 0.5) is 5.69 Å². The second-order valence-corrected chi connectivity index (χ2v) is 8.70. The van der Waals surface area contributed by atoms with Gasteiger partial charge in [-0.25, -0.2) is 0 Å². The number of rotatable bonds is 6. The Morgan fingerprint density at radius 3 is 2.11 bits per heavy atom. The minimum absolute atomic E-state index is 0.731. The van der Waals surface area contributed by atoms with Crippen molar-refractivity contribution in [2.24, 2.45) is 0 Å². The van der Waals surface area contributed by atoms with Gasteiger partial charge in [0.05, 0.1) is 0 Å². The maximum Gasteiger partial charge on any atom is 0.0402 e. The van der Waals surface area contributed by atoms with Gasteiger partial charge in [-0.1, -0.05) is 61.9 Å². The van der Waals surface area contributed by atoms with Gasteiger partial charge in [0.2, 0.25) is 0 Å². The third-order valence-electron chi connectivity index (χ3n) is 6.92. The molecule has 0 aromatic heterocycles. The molecule has 0 radical (unpaired) electrons. The molecule has 2 heteroatoms. The highest BCUT2D eigenvalue weighted by atomic mass is 15.3. The lowest BCUT2D eigenvalue weighted by atomic mass is 9.75. The molecule has 2 aliphatic rings. The maximum absolute atomic E-state index is 2.65. The maximum atomic E-state index is 2.65. The van der Waals surface area contributed by atoms with E-state index in [1.54, 1.807) is 5.56 Å². The number of hydrogen-bond acceptors (Lipinski definition) is 2. The highest BCUT2D eigenvalue weighted by Gasteiger charge is 2.27. The molecule has 1 aliphatic carbocycles. The topological polar surface area (TPSA) is 6.48 Å². The van der Waals surface area contributed by atoms with Crippen molar-refractivity contribution >= 4 is 5.69 Å². The molecule has 4 rings (SSSR count). The molecule has 0 N–H and O–H groups in total. The van der Waals surface area contributed by atoms with E-state index in [4.69, 9.17) is 0 Å². The first kappa shape index (κ1) is 19.5. The minimum Gasteiger partial charge on any atom is -0.369 e. The van der Waals surface area contributed by atoms with Gasteiger partial charge in [0, 0.05) is 31.9 Å². The van der Waals surface area contributed by atoms with Gasteiger partial charge in [-0.3, -0.25) is 4.90 Å². The Hall–Kier alpha value is -1.80. The normalized spacial score (nSPS) is 23.7. The zero-order valence-corrected chi connectivity index (χ0v) is 17.5. The van der Waals surface area contributed by atoms with Crippen LogP contribution in [0.3, 0.4) is 0 Å². The Labute approximate surface area is 171 Å². The van der Waals surface area contributed by atoms with Gasteiger partial charge < -0.3 is 4.90 Å². The molecular formula is C26H36N2. The SMILES string of the molecule is CCCCN1CCN(c2ccccc2C2CCC(c3ccccc3)CC2)CC1. The summed E-state index contributed by atoms with van der Waals surface area (Å²) in [4.78, 5) is 5.30. The Kier molecular flexibility index (Phi) is 6.69. The van der Waals surface area contributed by atoms with Gasteiger partial charge in [0.1, 0.15) is 0 Å². The number of nitrogens with zero attached hydrogens (tertiary/aromatic N) is 2. The van der Waals surface area contributed by atoms with Crippen molar-refractivity contribution in [1.82, 2.24) is 4.90 Å². The van der Waals surface area contributed by atoms with Crippen molar-refractivity contribution in [2.45, 2.75) is 57.3 Å². The second kappa shape index (κ2) is 9.60. The molecule has 0 unspecified atom stereocenters. The molecule has 28 heavy (non-hydrogen) atoms. The molecule has 2 aromatic rings. The predicted octanol–water partition coefficient (Wildman–Crippen LogP) is 6.05. The van der Waals surface area contributed by atoms with Gasteiger partial charge in [-0.05, 0) is 67.7 Å². The standard InChI is InChI=1S/C26H36N2/c1-2-3-17-27-18-20-28(21-19-27)26-12-8-7-11-25(26)24-15-13-23(14-16-24)22-9-5-4-6-10-22/h4-12,23-24H,2-3,13-21H2,1H3. The zero-order chi connectivity index (χ0) is 19.2. The van der Waals surface area contributed by atoms with Crippen LogP contribution in [0.25, 0.3) is 0 Å². The van der Waals surface area contributed by atoms with Crippen LogP contribution in [0.2, 0.25) is 0 Å². The van der Waals surface area contributed by atoms with Crippen LogP contribution in [-0.4, -0.2) is 37.6 Å². The third-order valence-corrected chi connectivity index (χ3v) is 6.92. The average molecular weight is 377 g/mol. The number of para-hydroxylation sites is 1. The number of piperazine rings is 1. The number of benzene rings is 2. The molecular weight excluding hydrogens is 340 g/mol. The van der Waals surface area contributed by atoms with Crippen molar-refractivity contribution in [3.05, 3.63) is 65.7 Å². The molecule has 1 aliphatic heterocycles. The summed E-state index contributed by atoms with van der Waals surface area (Å²) in [5.74, 6) is 1.49. The van der Waals surface area contributed by atoms with E-state index in [0.717, 1.165) is 11.8 Å². The van der Waals surface area contributed by atoms with Gasteiger partial charge in [0.25, 0.3) is 0 Å². The van der Waals surface area contributed by atoms with E-state index < -0.39 is 0 Å². The average Bonchev–Trinajstić information content (AvgIpc) is 2.79. The summed E-state index contributed by atoms with van der Waals surface area (Å²) >= 11 is 0. The largest absolute Gasteiger partial charge is 0.369 e. The Balaban J connectivity index is 1.39. The molecule has 0 atom stereocenters. The minimum atomic E-state index is 0.731. The highest BCUT2D eigenvalue weighted by molar-refractivity contribution is 5.55. The molecule has 150 valence electrons. The third kappa shape index (κ3) is 4.60. The summed E-state index contributed by atoms with van der Waals surface area (Å²) in [6, 6.07) is 20.4. The molecule has 1 saturated carbocycles. The first-order valence-corrected chi connectivity index (χ1v) is 11.5. The van der Waals surface area contributed by atoms with E-state index in [9.17, 15) is 0 Å². The first-order valence-electron chi connectivity index (χ1n) is 11.5. The molecule has 1 saturated heterocycles. The van der Waals surface area contributed by atoms with Crippen molar-refractivity contribution in [3.8, 4) is 0 Å². The molecule has 0 bridgehead atoms. The van der Waals surface area contributed by atoms with Crippen LogP contribution < -0.4 is 4.90 Å². The van der Waals surface area contributed by atoms with Crippen LogP contribution in [0.5, 0.6) is 0 Å². The van der Waals surface area contributed by atoms with E-state index in [2.05, 4.69) is 71.3 Å². The monoisotopic (exact) mass is 376 g/mol.